The molecule has 2 aliphatic rings. The zero-order valence-corrected chi connectivity index (χ0v) is 24.4. The number of urea groups is 1. The van der Waals surface area contributed by atoms with E-state index >= 15 is 0 Å². The standard InChI is InChI=1S/C35H33N5O4/c1-39-30-23-40(29(21-24-11-4-2-5-12-24)33(41)37-20-18-26-14-8-9-19-36-26)34(42)31(30)32(38-35(39)43)25-13-10-17-28(22-25)44-27-15-6-3-7-16-27/h2-17,19,22,29,32H,18,20-21,23H2,1H3,(H,37,41)(H,38,43)/t29-,32+/m0/s1. The Morgan fingerprint density at radius 3 is 2.43 bits per heavy atom. The van der Waals surface area contributed by atoms with Gasteiger partial charge in [0.15, 0.2) is 0 Å². The van der Waals surface area contributed by atoms with Crippen LogP contribution in [-0.2, 0) is 22.4 Å². The Morgan fingerprint density at radius 2 is 1.68 bits per heavy atom. The first-order chi connectivity index (χ1) is 21.5. The van der Waals surface area contributed by atoms with E-state index in [1.54, 1.807) is 18.1 Å². The van der Waals surface area contributed by atoms with Crippen molar-refractivity contribution in [1.82, 2.24) is 25.4 Å². The molecule has 2 aliphatic heterocycles. The number of pyridine rings is 1. The molecule has 3 aromatic carbocycles. The lowest BCUT2D eigenvalue weighted by Crippen LogP contribution is -2.50. The quantitative estimate of drug-likeness (QED) is 0.282. The summed E-state index contributed by atoms with van der Waals surface area (Å²) in [4.78, 5) is 48.5. The lowest BCUT2D eigenvalue weighted by molar-refractivity contribution is -0.136. The molecule has 6 rings (SSSR count). The third kappa shape index (κ3) is 6.17. The first-order valence-electron chi connectivity index (χ1n) is 14.6. The largest absolute Gasteiger partial charge is 0.457 e. The molecule has 9 nitrogen and oxygen atoms in total. The summed E-state index contributed by atoms with van der Waals surface area (Å²) in [7, 11) is 1.64. The maximum atomic E-state index is 14.3. The number of amides is 4. The van der Waals surface area contributed by atoms with Crippen LogP contribution in [-0.4, -0.2) is 58.8 Å². The Labute approximate surface area is 256 Å². The number of ether oxygens (including phenoxy) is 1. The topological polar surface area (TPSA) is 104 Å². The van der Waals surface area contributed by atoms with E-state index in [1.165, 1.54) is 4.90 Å². The molecule has 0 spiro atoms. The SMILES string of the molecule is CN1C(=O)N[C@H](c2cccc(Oc3ccccc3)c2)C2=C1CN([C@@H](Cc1ccccc1)C(=O)NCCc1ccccn1)C2=O. The second-order valence-corrected chi connectivity index (χ2v) is 10.8. The molecule has 0 unspecified atom stereocenters. The van der Waals surface area contributed by atoms with Crippen LogP contribution in [0.1, 0.15) is 22.9 Å². The van der Waals surface area contributed by atoms with Crippen LogP contribution in [0.2, 0.25) is 0 Å². The molecule has 4 aromatic rings. The monoisotopic (exact) mass is 587 g/mol. The highest BCUT2D eigenvalue weighted by molar-refractivity contribution is 6.03. The van der Waals surface area contributed by atoms with Crippen molar-refractivity contribution >= 4 is 17.8 Å². The zero-order chi connectivity index (χ0) is 30.5. The number of hydrogen-bond acceptors (Lipinski definition) is 5. The van der Waals surface area contributed by atoms with Crippen LogP contribution < -0.4 is 15.4 Å². The van der Waals surface area contributed by atoms with Gasteiger partial charge >= 0.3 is 6.03 Å². The van der Waals surface area contributed by atoms with Gasteiger partial charge in [-0.3, -0.25) is 19.5 Å². The number of benzene rings is 3. The number of likely N-dealkylation sites (N-methyl/N-ethyl adjacent to an activating group) is 1. The average molecular weight is 588 g/mol. The predicted molar refractivity (Wildman–Crippen MR) is 166 cm³/mol. The summed E-state index contributed by atoms with van der Waals surface area (Å²) < 4.78 is 6.03. The van der Waals surface area contributed by atoms with Gasteiger partial charge in [-0.15, -0.1) is 0 Å². The molecule has 1 aromatic heterocycles. The summed E-state index contributed by atoms with van der Waals surface area (Å²) in [5, 5.41) is 6.00. The van der Waals surface area contributed by atoms with E-state index in [0.717, 1.165) is 11.3 Å². The minimum Gasteiger partial charge on any atom is -0.457 e. The molecular formula is C35H33N5O4. The number of aromatic nitrogens is 1. The van der Waals surface area contributed by atoms with Gasteiger partial charge in [-0.2, -0.15) is 0 Å². The summed E-state index contributed by atoms with van der Waals surface area (Å²) in [6.45, 7) is 0.521. The maximum absolute atomic E-state index is 14.3. The molecule has 9 heteroatoms. The molecule has 2 atom stereocenters. The van der Waals surface area contributed by atoms with Crippen LogP contribution in [0.4, 0.5) is 4.79 Å². The summed E-state index contributed by atoms with van der Waals surface area (Å²) in [5.74, 6) is 0.722. The van der Waals surface area contributed by atoms with Crippen molar-refractivity contribution in [2.75, 3.05) is 20.1 Å². The van der Waals surface area contributed by atoms with Crippen LogP contribution in [0.15, 0.2) is 121 Å². The molecule has 3 heterocycles. The molecule has 4 amide bonds. The summed E-state index contributed by atoms with van der Waals surface area (Å²) in [6.07, 6.45) is 2.62. The summed E-state index contributed by atoms with van der Waals surface area (Å²) in [6, 6.07) is 30.3. The Hall–Kier alpha value is -5.44. The molecule has 2 N–H and O–H groups in total. The molecule has 0 radical (unpaired) electrons. The number of nitrogens with zero attached hydrogens (tertiary/aromatic N) is 3. The fourth-order valence-corrected chi connectivity index (χ4v) is 5.63. The van der Waals surface area contributed by atoms with Gasteiger partial charge in [-0.1, -0.05) is 66.7 Å². The van der Waals surface area contributed by atoms with Crippen molar-refractivity contribution in [1.29, 1.82) is 0 Å². The number of para-hydroxylation sites is 1. The van der Waals surface area contributed by atoms with Crippen LogP contribution in [0.5, 0.6) is 11.5 Å². The van der Waals surface area contributed by atoms with Gasteiger partial charge in [0.2, 0.25) is 5.91 Å². The first-order valence-corrected chi connectivity index (χ1v) is 14.6. The normalized spacial score (nSPS) is 16.8. The first kappa shape index (κ1) is 28.7. The lowest BCUT2D eigenvalue weighted by atomic mass is 9.95. The van der Waals surface area contributed by atoms with E-state index in [9.17, 15) is 14.4 Å². The van der Waals surface area contributed by atoms with Crippen molar-refractivity contribution in [3.63, 3.8) is 0 Å². The highest BCUT2D eigenvalue weighted by Gasteiger charge is 2.46. The van der Waals surface area contributed by atoms with Gasteiger partial charge in [0.1, 0.15) is 17.5 Å². The highest BCUT2D eigenvalue weighted by atomic mass is 16.5. The third-order valence-electron chi connectivity index (χ3n) is 7.92. The Bertz CT molecular complexity index is 1680. The summed E-state index contributed by atoms with van der Waals surface area (Å²) in [5.41, 5.74) is 3.54. The second kappa shape index (κ2) is 12.8. The molecule has 0 aliphatic carbocycles. The zero-order valence-electron chi connectivity index (χ0n) is 24.4. The predicted octanol–water partition coefficient (Wildman–Crippen LogP) is 4.64. The molecule has 44 heavy (non-hydrogen) atoms. The van der Waals surface area contributed by atoms with Crippen LogP contribution in [0, 0.1) is 0 Å². The van der Waals surface area contributed by atoms with Gasteiger partial charge < -0.3 is 20.3 Å². The van der Waals surface area contributed by atoms with Crippen molar-refractivity contribution in [2.24, 2.45) is 0 Å². The third-order valence-corrected chi connectivity index (χ3v) is 7.92. The number of hydrogen-bond donors (Lipinski definition) is 2. The number of carbonyl (C=O) groups excluding carboxylic acids is 3. The molecule has 222 valence electrons. The summed E-state index contributed by atoms with van der Waals surface area (Å²) >= 11 is 0. The number of rotatable bonds is 10. The van der Waals surface area contributed by atoms with Crippen molar-refractivity contribution in [2.45, 2.75) is 24.9 Å². The van der Waals surface area contributed by atoms with E-state index in [2.05, 4.69) is 15.6 Å². The number of carbonyl (C=O) groups is 3. The van der Waals surface area contributed by atoms with Crippen molar-refractivity contribution < 1.29 is 19.1 Å². The molecule has 0 fully saturated rings. The minimum atomic E-state index is -0.781. The van der Waals surface area contributed by atoms with E-state index < -0.39 is 12.1 Å². The van der Waals surface area contributed by atoms with E-state index in [-0.39, 0.29) is 24.4 Å². The van der Waals surface area contributed by atoms with Gasteiger partial charge in [0, 0.05) is 38.3 Å². The van der Waals surface area contributed by atoms with Gasteiger partial charge in [0.25, 0.3) is 5.91 Å². The molecule has 0 bridgehead atoms. The van der Waals surface area contributed by atoms with Crippen molar-refractivity contribution in [3.05, 3.63) is 137 Å². The fourth-order valence-electron chi connectivity index (χ4n) is 5.63. The van der Waals surface area contributed by atoms with Gasteiger partial charge in [0.05, 0.1) is 23.9 Å². The lowest BCUT2D eigenvalue weighted by Gasteiger charge is -2.31. The van der Waals surface area contributed by atoms with Crippen molar-refractivity contribution in [3.8, 4) is 11.5 Å². The fraction of sp³-hybridized carbons (Fsp3) is 0.200. The van der Waals surface area contributed by atoms with E-state index in [4.69, 9.17) is 4.74 Å². The smallest absolute Gasteiger partial charge is 0.322 e. The molecule has 0 saturated heterocycles. The second-order valence-electron chi connectivity index (χ2n) is 10.8. The number of nitrogens with one attached hydrogen (secondary N) is 2. The minimum absolute atomic E-state index is 0.139. The van der Waals surface area contributed by atoms with E-state index in [0.29, 0.717) is 47.7 Å². The Kier molecular flexibility index (Phi) is 8.36. The van der Waals surface area contributed by atoms with E-state index in [1.807, 2.05) is 103 Å². The average Bonchev–Trinajstić information content (AvgIpc) is 3.40. The Balaban J connectivity index is 1.26. The van der Waals surface area contributed by atoms with Crippen LogP contribution in [0.25, 0.3) is 0 Å². The highest BCUT2D eigenvalue weighted by Crippen LogP contribution is 2.38. The maximum Gasteiger partial charge on any atom is 0.322 e. The van der Waals surface area contributed by atoms with Gasteiger partial charge in [-0.05, 0) is 47.5 Å². The van der Waals surface area contributed by atoms with Crippen LogP contribution in [0.3, 0.4) is 0 Å². The van der Waals surface area contributed by atoms with Crippen LogP contribution >= 0.6 is 0 Å². The molecular weight excluding hydrogens is 554 g/mol. The molecule has 0 saturated carbocycles. The Morgan fingerprint density at radius 1 is 0.955 bits per heavy atom. The van der Waals surface area contributed by atoms with Gasteiger partial charge in [-0.25, -0.2) is 4.79 Å².